The van der Waals surface area contributed by atoms with Crippen LogP contribution in [0.25, 0.3) is 22.2 Å². The van der Waals surface area contributed by atoms with Crippen molar-refractivity contribution in [2.45, 2.75) is 116 Å². The fourth-order valence-corrected chi connectivity index (χ4v) is 9.15. The van der Waals surface area contributed by atoms with E-state index in [1.54, 1.807) is 41.5 Å². The third-order valence-corrected chi connectivity index (χ3v) is 13.6. The summed E-state index contributed by atoms with van der Waals surface area (Å²) in [5, 5.41) is 23.8. The molecule has 3 atom stereocenters. The number of thiazole rings is 1. The molecule has 1 aliphatic carbocycles. The number of hydrogen-bond acceptors (Lipinski definition) is 15. The summed E-state index contributed by atoms with van der Waals surface area (Å²) in [5.41, 5.74) is 10.8. The molecule has 4 amide bonds. The predicted octanol–water partition coefficient (Wildman–Crippen LogP) is 5.81. The van der Waals surface area contributed by atoms with Crippen LogP contribution in [0.15, 0.2) is 82.1 Å². The van der Waals surface area contributed by atoms with Crippen LogP contribution in [0.4, 0.5) is 4.39 Å². The Bertz CT molecular complexity index is 2650. The highest BCUT2D eigenvalue weighted by molar-refractivity contribution is 7.07. The lowest BCUT2D eigenvalue weighted by Gasteiger charge is -2.35. The van der Waals surface area contributed by atoms with Gasteiger partial charge in [-0.1, -0.05) is 67.9 Å². The molecule has 4 heterocycles. The van der Waals surface area contributed by atoms with Crippen molar-refractivity contribution >= 4 is 58.0 Å². The molecule has 2 saturated heterocycles. The monoisotopic (exact) mass is 1060 g/mol. The summed E-state index contributed by atoms with van der Waals surface area (Å²) in [5.74, 6) is 8.61. The standard InChI is InChI=1S/C46H60N8O7.C4H5FO.C4H5NS.H4N2/c1-29-11-13-30(14-12-29)37(51-44(57)38-10-7-21-54(38)45(58)42(49-5)46(2,3)4)28-39(55)50-20-25-59-24-19-40(56)53-22-17-33(18-23-53)60-34-9-6-8-31(26-34)41-35-27-32(43(47)48)15-16-36(35)52-61-41;5-4(3-6)1-2-4;1-4-2-6-3-5-4;1-2/h6,8-9,11-16,26-27,33,37-38,42,49H,7,10,17-25,28H2,1-5H3,(H3,47,48)(H,50,55)(H,51,57);3H,1-2H2;2-3H,1H3;1-2H2. The Morgan fingerprint density at radius 2 is 1.72 bits per heavy atom. The van der Waals surface area contributed by atoms with E-state index in [2.05, 4.69) is 37.8 Å². The molecule has 406 valence electrons. The molecule has 3 aliphatic rings. The lowest BCUT2D eigenvalue weighted by atomic mass is 9.86. The number of likely N-dealkylation sites (N-methyl/N-ethyl adjacent to an activating group) is 1. The molecule has 8 rings (SSSR count). The zero-order valence-electron chi connectivity index (χ0n) is 43.9. The maximum Gasteiger partial charge on any atom is 0.243 e. The van der Waals surface area contributed by atoms with Crippen LogP contribution < -0.4 is 38.1 Å². The highest BCUT2D eigenvalue weighted by Gasteiger charge is 2.43. The first-order chi connectivity index (χ1) is 35.9. The molecule has 0 spiro atoms. The van der Waals surface area contributed by atoms with E-state index in [0.717, 1.165) is 34.2 Å². The number of carbonyl (C=O) groups is 5. The van der Waals surface area contributed by atoms with Gasteiger partial charge < -0.3 is 45.5 Å². The molecule has 5 aromatic rings. The lowest BCUT2D eigenvalue weighted by molar-refractivity contribution is -0.142. The van der Waals surface area contributed by atoms with Crippen LogP contribution in [0.5, 0.6) is 5.75 Å². The average Bonchev–Trinajstić information content (AvgIpc) is 3.78. The van der Waals surface area contributed by atoms with Gasteiger partial charge in [-0.2, -0.15) is 0 Å². The highest BCUT2D eigenvalue weighted by atomic mass is 32.1. The Balaban J connectivity index is 0.000000645. The van der Waals surface area contributed by atoms with Gasteiger partial charge in [0.1, 0.15) is 29.2 Å². The van der Waals surface area contributed by atoms with E-state index in [9.17, 15) is 28.4 Å². The second kappa shape index (κ2) is 28.3. The van der Waals surface area contributed by atoms with Crippen molar-refractivity contribution in [1.29, 1.82) is 5.41 Å². The predicted molar refractivity (Wildman–Crippen MR) is 287 cm³/mol. The van der Waals surface area contributed by atoms with Gasteiger partial charge in [0.25, 0.3) is 0 Å². The van der Waals surface area contributed by atoms with Crippen LogP contribution in [-0.4, -0.2) is 126 Å². The normalized spacial score (nSPS) is 16.6. The number of aryl methyl sites for hydroxylation is 2. The van der Waals surface area contributed by atoms with E-state index in [0.29, 0.717) is 80.6 Å². The fourth-order valence-electron chi connectivity index (χ4n) is 8.61. The van der Waals surface area contributed by atoms with E-state index in [1.807, 2.05) is 98.9 Å². The van der Waals surface area contributed by atoms with E-state index in [1.165, 1.54) is 0 Å². The van der Waals surface area contributed by atoms with E-state index in [4.69, 9.17) is 25.1 Å². The molecule has 2 aliphatic heterocycles. The minimum Gasteiger partial charge on any atom is -0.490 e. The molecule has 3 unspecified atom stereocenters. The third kappa shape index (κ3) is 17.7. The number of nitrogens with zero attached hydrogens (tertiary/aromatic N) is 4. The van der Waals surface area contributed by atoms with Crippen molar-refractivity contribution in [2.24, 2.45) is 22.8 Å². The number of rotatable bonds is 18. The van der Waals surface area contributed by atoms with Crippen LogP contribution in [-0.2, 0) is 28.7 Å². The van der Waals surface area contributed by atoms with Crippen molar-refractivity contribution in [2.75, 3.05) is 46.4 Å². The second-order valence-corrected chi connectivity index (χ2v) is 20.5. The zero-order chi connectivity index (χ0) is 54.7. The number of piperidine rings is 1. The number of ether oxygens (including phenoxy) is 2. The van der Waals surface area contributed by atoms with Crippen LogP contribution in [0.1, 0.15) is 101 Å². The number of aromatic nitrogens is 2. The van der Waals surface area contributed by atoms with Crippen molar-refractivity contribution in [3.8, 4) is 17.1 Å². The Hall–Kier alpha value is -6.65. The quantitative estimate of drug-likeness (QED) is 0.0136. The molecular formula is C54H74FN11O8S. The number of nitrogens with two attached hydrogens (primary N) is 3. The van der Waals surface area contributed by atoms with Gasteiger partial charge in [-0.25, -0.2) is 4.39 Å². The van der Waals surface area contributed by atoms with Gasteiger partial charge >= 0.3 is 0 Å². The summed E-state index contributed by atoms with van der Waals surface area (Å²) >= 11 is 1.63. The minimum absolute atomic E-state index is 0.00528. The average molecular weight is 1060 g/mol. The van der Waals surface area contributed by atoms with Crippen molar-refractivity contribution in [3.05, 3.63) is 100 Å². The number of benzene rings is 3. The summed E-state index contributed by atoms with van der Waals surface area (Å²) in [7, 11) is 1.76. The largest absolute Gasteiger partial charge is 0.490 e. The Labute approximate surface area is 442 Å². The SMILES string of the molecule is CNC(C(=O)N1CCCC1C(=O)NC(CC(=O)NCCOCCC(=O)N1CCC(Oc2cccc(-c3onc4ccc(C(=N)N)cc34)c2)CC1)c1ccc(C)cc1)C(C)(C)C.Cc1cscn1.NN.O=CC1(F)CC1. The van der Waals surface area contributed by atoms with Gasteiger partial charge in [0.15, 0.2) is 17.7 Å². The smallest absolute Gasteiger partial charge is 0.243 e. The first-order valence-corrected chi connectivity index (χ1v) is 26.1. The molecule has 2 aromatic heterocycles. The molecule has 0 radical (unpaired) electrons. The van der Waals surface area contributed by atoms with Gasteiger partial charge in [-0.15, -0.1) is 11.3 Å². The molecular weight excluding hydrogens is 982 g/mol. The fraction of sp³-hybridized carbons (Fsp3) is 0.481. The molecule has 3 fully saturated rings. The van der Waals surface area contributed by atoms with Gasteiger partial charge in [0, 0.05) is 61.2 Å². The number of hydrazine groups is 1. The number of nitrogens with one attached hydrogen (secondary N) is 4. The van der Waals surface area contributed by atoms with Crippen LogP contribution in [0.3, 0.4) is 0 Å². The van der Waals surface area contributed by atoms with Crippen LogP contribution in [0, 0.1) is 24.7 Å². The Morgan fingerprint density at radius 3 is 2.31 bits per heavy atom. The van der Waals surface area contributed by atoms with Crippen molar-refractivity contribution in [3.63, 3.8) is 0 Å². The molecule has 21 heteroatoms. The summed E-state index contributed by atoms with van der Waals surface area (Å²) < 4.78 is 29.6. The van der Waals surface area contributed by atoms with E-state index >= 15 is 0 Å². The number of likely N-dealkylation sites (tertiary alicyclic amines) is 2. The molecule has 10 N–H and O–H groups in total. The van der Waals surface area contributed by atoms with Gasteiger partial charge in [-0.05, 0) is 87.9 Å². The van der Waals surface area contributed by atoms with Crippen LogP contribution in [0.2, 0.25) is 0 Å². The number of hydrogen-bond donors (Lipinski definition) is 7. The number of halogens is 1. The molecule has 3 aromatic carbocycles. The number of aldehydes is 1. The van der Waals surface area contributed by atoms with Gasteiger partial charge in [-0.3, -0.25) is 46.1 Å². The summed E-state index contributed by atoms with van der Waals surface area (Å²) in [6.45, 7) is 12.3. The number of nitrogen functional groups attached to an aromatic ring is 1. The Morgan fingerprint density at radius 1 is 1.00 bits per heavy atom. The van der Waals surface area contributed by atoms with Gasteiger partial charge in [0.2, 0.25) is 23.6 Å². The zero-order valence-corrected chi connectivity index (χ0v) is 44.7. The lowest BCUT2D eigenvalue weighted by Crippen LogP contribution is -2.56. The first kappa shape index (κ1) is 59.2. The van der Waals surface area contributed by atoms with Crippen LogP contribution >= 0.6 is 11.3 Å². The summed E-state index contributed by atoms with van der Waals surface area (Å²) in [6, 6.07) is 19.0. The maximum absolute atomic E-state index is 13.7. The first-order valence-electron chi connectivity index (χ1n) is 25.2. The summed E-state index contributed by atoms with van der Waals surface area (Å²) in [4.78, 5) is 70.4. The number of amides is 4. The maximum atomic E-state index is 13.7. The Kier molecular flexibility index (Phi) is 22.4. The third-order valence-electron chi connectivity index (χ3n) is 12.9. The number of amidine groups is 1. The van der Waals surface area contributed by atoms with Crippen molar-refractivity contribution in [1.82, 2.24) is 35.9 Å². The number of fused-ring (bicyclic) bond motifs is 1. The second-order valence-electron chi connectivity index (χ2n) is 19.8. The molecule has 19 nitrogen and oxygen atoms in total. The van der Waals surface area contributed by atoms with E-state index in [-0.39, 0.29) is 73.6 Å². The number of carbonyl (C=O) groups excluding carboxylic acids is 5. The molecule has 0 bridgehead atoms. The van der Waals surface area contributed by atoms with E-state index < -0.39 is 23.8 Å². The molecule has 75 heavy (non-hydrogen) atoms. The highest BCUT2D eigenvalue weighted by Crippen LogP contribution is 2.37. The minimum atomic E-state index is -1.39. The number of alkyl halides is 1. The van der Waals surface area contributed by atoms with Crippen molar-refractivity contribution < 1.29 is 42.4 Å². The molecule has 1 saturated carbocycles. The van der Waals surface area contributed by atoms with Gasteiger partial charge in [0.05, 0.1) is 49.0 Å². The summed E-state index contributed by atoms with van der Waals surface area (Å²) in [6.07, 6.45) is 4.11. The topological polar surface area (TPSA) is 287 Å².